The third-order valence-electron chi connectivity index (χ3n) is 3.21. The van der Waals surface area contributed by atoms with E-state index < -0.39 is 0 Å². The number of nitrogens with zero attached hydrogens (tertiary/aromatic N) is 2. The van der Waals surface area contributed by atoms with Gasteiger partial charge in [0.05, 0.1) is 11.4 Å². The summed E-state index contributed by atoms with van der Waals surface area (Å²) in [6.45, 7) is 2.73. The molecule has 0 aromatic carbocycles. The SMILES string of the molecule is CCCc1[nH]nc(C(=O)N(C)CCc2cccs2)c1N. The smallest absolute Gasteiger partial charge is 0.276 e. The van der Waals surface area contributed by atoms with Crippen LogP contribution in [0.2, 0.25) is 0 Å². The fourth-order valence-electron chi connectivity index (χ4n) is 2.01. The standard InChI is InChI=1S/C14H20N4OS/c1-3-5-11-12(15)13(17-16-11)14(19)18(2)8-7-10-6-4-9-20-10/h4,6,9H,3,5,7-8,15H2,1-2H3,(H,16,17). The van der Waals surface area contributed by atoms with Crippen LogP contribution in [0.15, 0.2) is 17.5 Å². The lowest BCUT2D eigenvalue weighted by Crippen LogP contribution is -2.29. The number of thiophene rings is 1. The molecule has 0 aliphatic heterocycles. The Morgan fingerprint density at radius 3 is 2.95 bits per heavy atom. The number of amides is 1. The predicted molar refractivity (Wildman–Crippen MR) is 82.0 cm³/mol. The van der Waals surface area contributed by atoms with E-state index in [2.05, 4.69) is 23.2 Å². The first-order valence-electron chi connectivity index (χ1n) is 6.74. The number of nitrogens with one attached hydrogen (secondary N) is 1. The number of carbonyl (C=O) groups excluding carboxylic acids is 1. The third-order valence-corrected chi connectivity index (χ3v) is 4.14. The molecular weight excluding hydrogens is 272 g/mol. The molecule has 0 fully saturated rings. The lowest BCUT2D eigenvalue weighted by Gasteiger charge is -2.15. The van der Waals surface area contributed by atoms with Gasteiger partial charge in [-0.15, -0.1) is 11.3 Å². The molecule has 0 radical (unpaired) electrons. The summed E-state index contributed by atoms with van der Waals surface area (Å²) >= 11 is 1.70. The molecule has 1 amide bonds. The zero-order chi connectivity index (χ0) is 14.5. The molecule has 0 aliphatic carbocycles. The second-order valence-corrected chi connectivity index (χ2v) is 5.80. The molecule has 20 heavy (non-hydrogen) atoms. The van der Waals surface area contributed by atoms with Gasteiger partial charge in [0.1, 0.15) is 0 Å². The molecule has 0 saturated heterocycles. The fraction of sp³-hybridized carbons (Fsp3) is 0.429. The van der Waals surface area contributed by atoms with Crippen LogP contribution in [0.1, 0.15) is 34.4 Å². The van der Waals surface area contributed by atoms with Crippen molar-refractivity contribution in [3.8, 4) is 0 Å². The van der Waals surface area contributed by atoms with E-state index in [9.17, 15) is 4.79 Å². The van der Waals surface area contributed by atoms with Crippen LogP contribution in [0, 0.1) is 0 Å². The Labute approximate surface area is 122 Å². The predicted octanol–water partition coefficient (Wildman–Crippen LogP) is 2.32. The maximum atomic E-state index is 12.3. The average Bonchev–Trinajstić information content (AvgIpc) is 3.07. The summed E-state index contributed by atoms with van der Waals surface area (Å²) in [5, 5.41) is 8.96. The van der Waals surface area contributed by atoms with Gasteiger partial charge in [0.2, 0.25) is 0 Å². The van der Waals surface area contributed by atoms with Gasteiger partial charge in [0.25, 0.3) is 5.91 Å². The number of hydrogen-bond acceptors (Lipinski definition) is 4. The van der Waals surface area contributed by atoms with E-state index in [0.29, 0.717) is 17.9 Å². The van der Waals surface area contributed by atoms with E-state index in [-0.39, 0.29) is 5.91 Å². The lowest BCUT2D eigenvalue weighted by atomic mass is 10.2. The molecule has 0 unspecified atom stereocenters. The second-order valence-electron chi connectivity index (χ2n) is 4.77. The monoisotopic (exact) mass is 292 g/mol. The molecular formula is C14H20N4OS. The number of carbonyl (C=O) groups is 1. The maximum absolute atomic E-state index is 12.3. The normalized spacial score (nSPS) is 10.7. The summed E-state index contributed by atoms with van der Waals surface area (Å²) in [7, 11) is 1.78. The van der Waals surface area contributed by atoms with Crippen molar-refractivity contribution in [2.75, 3.05) is 19.3 Å². The van der Waals surface area contributed by atoms with Crippen LogP contribution in [0.3, 0.4) is 0 Å². The first-order chi connectivity index (χ1) is 9.63. The fourth-order valence-corrected chi connectivity index (χ4v) is 2.70. The molecule has 0 spiro atoms. The number of nitrogens with two attached hydrogens (primary N) is 1. The van der Waals surface area contributed by atoms with Crippen molar-refractivity contribution < 1.29 is 4.79 Å². The number of aromatic nitrogens is 2. The van der Waals surface area contributed by atoms with Crippen molar-refractivity contribution in [3.05, 3.63) is 33.8 Å². The zero-order valence-corrected chi connectivity index (χ0v) is 12.7. The highest BCUT2D eigenvalue weighted by molar-refractivity contribution is 7.09. The van der Waals surface area contributed by atoms with Crippen LogP contribution in [-0.2, 0) is 12.8 Å². The zero-order valence-electron chi connectivity index (χ0n) is 11.8. The van der Waals surface area contributed by atoms with Crippen molar-refractivity contribution >= 4 is 22.9 Å². The molecule has 0 saturated carbocycles. The minimum Gasteiger partial charge on any atom is -0.395 e. The van der Waals surface area contributed by atoms with Crippen LogP contribution in [0.5, 0.6) is 0 Å². The topological polar surface area (TPSA) is 75.0 Å². The Morgan fingerprint density at radius 1 is 1.50 bits per heavy atom. The van der Waals surface area contributed by atoms with Crippen molar-refractivity contribution in [1.29, 1.82) is 0 Å². The van der Waals surface area contributed by atoms with E-state index in [1.54, 1.807) is 23.3 Å². The summed E-state index contributed by atoms with van der Waals surface area (Å²) < 4.78 is 0. The molecule has 0 aliphatic rings. The van der Waals surface area contributed by atoms with E-state index in [0.717, 1.165) is 25.0 Å². The molecule has 2 rings (SSSR count). The van der Waals surface area contributed by atoms with Gasteiger partial charge in [-0.3, -0.25) is 9.89 Å². The molecule has 2 heterocycles. The molecule has 6 heteroatoms. The number of H-pyrrole nitrogens is 1. The minimum absolute atomic E-state index is 0.127. The highest BCUT2D eigenvalue weighted by Crippen LogP contribution is 2.17. The number of likely N-dealkylation sites (N-methyl/N-ethyl adjacent to an activating group) is 1. The van der Waals surface area contributed by atoms with Crippen LogP contribution >= 0.6 is 11.3 Å². The van der Waals surface area contributed by atoms with Crippen molar-refractivity contribution in [1.82, 2.24) is 15.1 Å². The van der Waals surface area contributed by atoms with Gasteiger partial charge < -0.3 is 10.6 Å². The van der Waals surface area contributed by atoms with Crippen molar-refractivity contribution in [2.24, 2.45) is 0 Å². The van der Waals surface area contributed by atoms with E-state index in [1.807, 2.05) is 11.4 Å². The third kappa shape index (κ3) is 3.19. The van der Waals surface area contributed by atoms with Gasteiger partial charge in [0, 0.05) is 18.5 Å². The largest absolute Gasteiger partial charge is 0.395 e. The number of hydrogen-bond donors (Lipinski definition) is 2. The first kappa shape index (κ1) is 14.6. The highest BCUT2D eigenvalue weighted by atomic mass is 32.1. The highest BCUT2D eigenvalue weighted by Gasteiger charge is 2.20. The molecule has 3 N–H and O–H groups in total. The van der Waals surface area contributed by atoms with E-state index >= 15 is 0 Å². The lowest BCUT2D eigenvalue weighted by molar-refractivity contribution is 0.0792. The quantitative estimate of drug-likeness (QED) is 0.858. The Morgan fingerprint density at radius 2 is 2.30 bits per heavy atom. The van der Waals surface area contributed by atoms with Crippen LogP contribution in [0.25, 0.3) is 0 Å². The van der Waals surface area contributed by atoms with Gasteiger partial charge in [-0.2, -0.15) is 5.10 Å². The summed E-state index contributed by atoms with van der Waals surface area (Å²) in [4.78, 5) is 15.2. The number of aryl methyl sites for hydroxylation is 1. The summed E-state index contributed by atoms with van der Waals surface area (Å²) in [6, 6.07) is 4.09. The molecule has 0 atom stereocenters. The van der Waals surface area contributed by atoms with Gasteiger partial charge >= 0.3 is 0 Å². The van der Waals surface area contributed by atoms with Gasteiger partial charge in [0.15, 0.2) is 5.69 Å². The van der Waals surface area contributed by atoms with Gasteiger partial charge in [-0.25, -0.2) is 0 Å². The molecule has 2 aromatic heterocycles. The van der Waals surface area contributed by atoms with Crippen LogP contribution in [0.4, 0.5) is 5.69 Å². The maximum Gasteiger partial charge on any atom is 0.276 e. The number of anilines is 1. The molecule has 0 bridgehead atoms. The van der Waals surface area contributed by atoms with Gasteiger partial charge in [-0.1, -0.05) is 19.4 Å². The van der Waals surface area contributed by atoms with Crippen molar-refractivity contribution in [2.45, 2.75) is 26.2 Å². The Kier molecular flexibility index (Phi) is 4.79. The Balaban J connectivity index is 1.99. The van der Waals surface area contributed by atoms with E-state index in [1.165, 1.54) is 4.88 Å². The van der Waals surface area contributed by atoms with Crippen LogP contribution < -0.4 is 5.73 Å². The summed E-state index contributed by atoms with van der Waals surface area (Å²) in [5.41, 5.74) is 7.65. The average molecular weight is 292 g/mol. The van der Waals surface area contributed by atoms with Crippen molar-refractivity contribution in [3.63, 3.8) is 0 Å². The Bertz CT molecular complexity index is 562. The van der Waals surface area contributed by atoms with Gasteiger partial charge in [-0.05, 0) is 24.3 Å². The van der Waals surface area contributed by atoms with E-state index in [4.69, 9.17) is 5.73 Å². The number of aromatic amines is 1. The second kappa shape index (κ2) is 6.56. The summed E-state index contributed by atoms with van der Waals surface area (Å²) in [6.07, 6.45) is 2.63. The molecule has 2 aromatic rings. The minimum atomic E-state index is -0.127. The molecule has 5 nitrogen and oxygen atoms in total. The number of rotatable bonds is 6. The number of nitrogen functional groups attached to an aromatic ring is 1. The Hall–Kier alpha value is -1.82. The summed E-state index contributed by atoms with van der Waals surface area (Å²) in [5.74, 6) is -0.127. The molecule has 108 valence electrons. The first-order valence-corrected chi connectivity index (χ1v) is 7.62. The van der Waals surface area contributed by atoms with Crippen LogP contribution in [-0.4, -0.2) is 34.6 Å².